The standard InChI is InChI=1S/C17H30BrN3/c1-4-12-19-15(13-10-11-13)8-7-9-16-17(18)14(5-2)20-21(16)6-3/h13,15,19H,4-12H2,1-3H3. The van der Waals surface area contributed by atoms with Crippen molar-refractivity contribution in [2.75, 3.05) is 6.54 Å². The zero-order valence-electron chi connectivity index (χ0n) is 13.8. The maximum absolute atomic E-state index is 4.70. The molecular weight excluding hydrogens is 326 g/mol. The average molecular weight is 356 g/mol. The van der Waals surface area contributed by atoms with Gasteiger partial charge in [-0.25, -0.2) is 0 Å². The highest BCUT2D eigenvalue weighted by atomic mass is 79.9. The summed E-state index contributed by atoms with van der Waals surface area (Å²) in [5.41, 5.74) is 2.59. The SMILES string of the molecule is CCCNC(CCCc1c(Br)c(CC)nn1CC)C1CC1. The summed E-state index contributed by atoms with van der Waals surface area (Å²) in [5, 5.41) is 8.44. The Morgan fingerprint density at radius 3 is 2.67 bits per heavy atom. The van der Waals surface area contributed by atoms with Crippen molar-refractivity contribution < 1.29 is 0 Å². The number of hydrogen-bond acceptors (Lipinski definition) is 2. The summed E-state index contributed by atoms with van der Waals surface area (Å²) in [4.78, 5) is 0. The maximum Gasteiger partial charge on any atom is 0.0766 e. The lowest BCUT2D eigenvalue weighted by Crippen LogP contribution is -2.31. The Bertz CT molecular complexity index is 437. The third-order valence-corrected chi connectivity index (χ3v) is 5.39. The van der Waals surface area contributed by atoms with Crippen LogP contribution >= 0.6 is 15.9 Å². The van der Waals surface area contributed by atoms with E-state index in [1.807, 2.05) is 0 Å². The van der Waals surface area contributed by atoms with Gasteiger partial charge in [-0.3, -0.25) is 4.68 Å². The molecule has 2 rings (SSSR count). The van der Waals surface area contributed by atoms with Gasteiger partial charge in [-0.15, -0.1) is 0 Å². The highest BCUT2D eigenvalue weighted by Crippen LogP contribution is 2.35. The summed E-state index contributed by atoms with van der Waals surface area (Å²) in [6.45, 7) is 8.73. The van der Waals surface area contributed by atoms with Crippen LogP contribution in [0.1, 0.15) is 64.3 Å². The topological polar surface area (TPSA) is 29.9 Å². The van der Waals surface area contributed by atoms with E-state index in [1.165, 1.54) is 48.0 Å². The fourth-order valence-corrected chi connectivity index (χ4v) is 3.84. The van der Waals surface area contributed by atoms with Crippen molar-refractivity contribution >= 4 is 15.9 Å². The Labute approximate surface area is 138 Å². The lowest BCUT2D eigenvalue weighted by atomic mass is 10.0. The normalized spacial score (nSPS) is 16.4. The van der Waals surface area contributed by atoms with Crippen LogP contribution in [-0.2, 0) is 19.4 Å². The summed E-state index contributed by atoms with van der Waals surface area (Å²) in [6.07, 6.45) is 8.79. The van der Waals surface area contributed by atoms with Crippen LogP contribution in [0, 0.1) is 5.92 Å². The number of nitrogens with one attached hydrogen (secondary N) is 1. The van der Waals surface area contributed by atoms with Gasteiger partial charge in [0.15, 0.2) is 0 Å². The summed E-state index contributed by atoms with van der Waals surface area (Å²) >= 11 is 3.75. The predicted molar refractivity (Wildman–Crippen MR) is 92.7 cm³/mol. The molecule has 1 heterocycles. The molecule has 4 heteroatoms. The van der Waals surface area contributed by atoms with Gasteiger partial charge in [-0.05, 0) is 80.3 Å². The van der Waals surface area contributed by atoms with Gasteiger partial charge >= 0.3 is 0 Å². The molecule has 0 spiro atoms. The molecule has 0 radical (unpaired) electrons. The van der Waals surface area contributed by atoms with E-state index in [1.54, 1.807) is 0 Å². The monoisotopic (exact) mass is 355 g/mol. The van der Waals surface area contributed by atoms with Crippen molar-refractivity contribution in [3.8, 4) is 0 Å². The molecule has 0 aliphatic heterocycles. The number of nitrogens with zero attached hydrogens (tertiary/aromatic N) is 2. The molecule has 3 nitrogen and oxygen atoms in total. The van der Waals surface area contributed by atoms with Gasteiger partial charge in [0.25, 0.3) is 0 Å². The molecule has 1 unspecified atom stereocenters. The number of aryl methyl sites for hydroxylation is 2. The highest BCUT2D eigenvalue weighted by molar-refractivity contribution is 9.10. The Morgan fingerprint density at radius 1 is 1.33 bits per heavy atom. The van der Waals surface area contributed by atoms with E-state index in [-0.39, 0.29) is 0 Å². The lowest BCUT2D eigenvalue weighted by Gasteiger charge is -2.18. The fourth-order valence-electron chi connectivity index (χ4n) is 3.08. The molecule has 0 aromatic carbocycles. The van der Waals surface area contributed by atoms with Crippen molar-refractivity contribution in [3.05, 3.63) is 15.9 Å². The highest BCUT2D eigenvalue weighted by Gasteiger charge is 2.30. The number of hydrogen-bond donors (Lipinski definition) is 1. The fraction of sp³-hybridized carbons (Fsp3) is 0.824. The molecule has 0 saturated heterocycles. The van der Waals surface area contributed by atoms with Crippen LogP contribution < -0.4 is 5.32 Å². The minimum Gasteiger partial charge on any atom is -0.314 e. The molecule has 1 aliphatic rings. The van der Waals surface area contributed by atoms with Crippen molar-refractivity contribution in [1.29, 1.82) is 0 Å². The van der Waals surface area contributed by atoms with E-state index in [9.17, 15) is 0 Å². The van der Waals surface area contributed by atoms with E-state index in [0.29, 0.717) is 0 Å². The van der Waals surface area contributed by atoms with E-state index in [4.69, 9.17) is 5.10 Å². The zero-order valence-corrected chi connectivity index (χ0v) is 15.4. The molecule has 1 aliphatic carbocycles. The molecule has 0 amide bonds. The van der Waals surface area contributed by atoms with Crippen LogP contribution in [-0.4, -0.2) is 22.4 Å². The van der Waals surface area contributed by atoms with Crippen LogP contribution in [0.2, 0.25) is 0 Å². The smallest absolute Gasteiger partial charge is 0.0766 e. The van der Waals surface area contributed by atoms with E-state index < -0.39 is 0 Å². The Morgan fingerprint density at radius 2 is 2.10 bits per heavy atom. The largest absolute Gasteiger partial charge is 0.314 e. The van der Waals surface area contributed by atoms with Crippen LogP contribution in [0.5, 0.6) is 0 Å². The first-order valence-corrected chi connectivity index (χ1v) is 9.47. The molecule has 1 saturated carbocycles. The van der Waals surface area contributed by atoms with Gasteiger partial charge in [-0.1, -0.05) is 13.8 Å². The first-order chi connectivity index (χ1) is 10.2. The van der Waals surface area contributed by atoms with E-state index >= 15 is 0 Å². The Balaban J connectivity index is 1.88. The second-order valence-corrected chi connectivity index (χ2v) is 6.96. The molecule has 1 aromatic heterocycles. The average Bonchev–Trinajstić information content (AvgIpc) is 3.28. The third kappa shape index (κ3) is 4.56. The molecular formula is C17H30BrN3. The van der Waals surface area contributed by atoms with Gasteiger partial charge in [0.1, 0.15) is 0 Å². The minimum absolute atomic E-state index is 0.743. The molecule has 1 N–H and O–H groups in total. The molecule has 21 heavy (non-hydrogen) atoms. The number of rotatable bonds is 10. The Kier molecular flexibility index (Phi) is 6.74. The number of aromatic nitrogens is 2. The summed E-state index contributed by atoms with van der Waals surface area (Å²) in [6, 6.07) is 0.743. The maximum atomic E-state index is 4.70. The van der Waals surface area contributed by atoms with E-state index in [2.05, 4.69) is 46.7 Å². The second-order valence-electron chi connectivity index (χ2n) is 6.17. The first kappa shape index (κ1) is 17.0. The molecule has 1 aromatic rings. The Hall–Kier alpha value is -0.350. The molecule has 0 bridgehead atoms. The summed E-state index contributed by atoms with van der Waals surface area (Å²) < 4.78 is 3.42. The number of halogens is 1. The van der Waals surface area contributed by atoms with Gasteiger partial charge in [0.05, 0.1) is 15.9 Å². The quantitative estimate of drug-likeness (QED) is 0.676. The van der Waals surface area contributed by atoms with Gasteiger partial charge < -0.3 is 5.32 Å². The van der Waals surface area contributed by atoms with Crippen LogP contribution in [0.25, 0.3) is 0 Å². The first-order valence-electron chi connectivity index (χ1n) is 8.68. The van der Waals surface area contributed by atoms with Gasteiger partial charge in [0.2, 0.25) is 0 Å². The van der Waals surface area contributed by atoms with Crippen molar-refractivity contribution in [2.24, 2.45) is 5.92 Å². The molecule has 120 valence electrons. The second kappa shape index (κ2) is 8.33. The summed E-state index contributed by atoms with van der Waals surface area (Å²) in [7, 11) is 0. The van der Waals surface area contributed by atoms with Crippen molar-refractivity contribution in [1.82, 2.24) is 15.1 Å². The molecule has 1 fully saturated rings. The zero-order chi connectivity index (χ0) is 15.2. The minimum atomic E-state index is 0.743. The van der Waals surface area contributed by atoms with E-state index in [0.717, 1.165) is 37.9 Å². The molecule has 1 atom stereocenters. The van der Waals surface area contributed by atoms with Crippen molar-refractivity contribution in [2.45, 2.75) is 78.3 Å². The van der Waals surface area contributed by atoms with Crippen molar-refractivity contribution in [3.63, 3.8) is 0 Å². The summed E-state index contributed by atoms with van der Waals surface area (Å²) in [5.74, 6) is 0.947. The van der Waals surface area contributed by atoms with Crippen LogP contribution in [0.15, 0.2) is 4.47 Å². The third-order valence-electron chi connectivity index (χ3n) is 4.47. The lowest BCUT2D eigenvalue weighted by molar-refractivity contribution is 0.422. The van der Waals surface area contributed by atoms with Gasteiger partial charge in [-0.2, -0.15) is 5.10 Å². The van der Waals surface area contributed by atoms with Crippen LogP contribution in [0.3, 0.4) is 0 Å². The van der Waals surface area contributed by atoms with Crippen LogP contribution in [0.4, 0.5) is 0 Å². The predicted octanol–water partition coefficient (Wildman–Crippen LogP) is 4.33. The van der Waals surface area contributed by atoms with Gasteiger partial charge in [0, 0.05) is 12.6 Å².